The maximum atomic E-state index is 4.18. The fraction of sp³-hybridized carbons (Fsp3) is 0.786. The zero-order chi connectivity index (χ0) is 14.3. The molecule has 1 aliphatic heterocycles. The molecule has 0 amide bonds. The molecule has 1 saturated heterocycles. The second-order valence-electron chi connectivity index (χ2n) is 2.75. The molecule has 1 rings (SSSR count). The summed E-state index contributed by atoms with van der Waals surface area (Å²) in [4.78, 5) is 8.53. The average Bonchev–Trinajstić information content (AvgIpc) is 2.45. The lowest BCUT2D eigenvalue weighted by Gasteiger charge is -2.32. The Balaban J connectivity index is -0.000000285. The molecule has 0 atom stereocenters. The van der Waals surface area contributed by atoms with Gasteiger partial charge >= 0.3 is 0 Å². The van der Waals surface area contributed by atoms with Gasteiger partial charge in [0.15, 0.2) is 0 Å². The molecule has 0 aromatic rings. The summed E-state index contributed by atoms with van der Waals surface area (Å²) in [5.41, 5.74) is 0. The smallest absolute Gasteiger partial charge is 0.117 e. The zero-order valence-electron chi connectivity index (χ0n) is 13.2. The van der Waals surface area contributed by atoms with Gasteiger partial charge in [-0.3, -0.25) is 9.89 Å². The Kier molecular flexibility index (Phi) is 22.2. The van der Waals surface area contributed by atoms with E-state index in [1.54, 1.807) is 0 Å². The lowest BCUT2D eigenvalue weighted by Crippen LogP contribution is -2.46. The number of aliphatic imine (C=N–C) groups is 1. The molecule has 1 heterocycles. The van der Waals surface area contributed by atoms with Gasteiger partial charge < -0.3 is 4.90 Å². The molecule has 0 aliphatic carbocycles. The Labute approximate surface area is 109 Å². The Hall–Kier alpha value is -0.830. The van der Waals surface area contributed by atoms with E-state index in [1.807, 2.05) is 54.8 Å². The topological polar surface area (TPSA) is 18.8 Å². The predicted molar refractivity (Wildman–Crippen MR) is 81.8 cm³/mol. The van der Waals surface area contributed by atoms with Crippen molar-refractivity contribution in [1.29, 1.82) is 0 Å². The zero-order valence-corrected chi connectivity index (χ0v) is 13.2. The predicted octanol–water partition coefficient (Wildman–Crippen LogP) is 3.48. The van der Waals surface area contributed by atoms with Gasteiger partial charge in [0.2, 0.25) is 0 Å². The molecular weight excluding hydrogens is 210 g/mol. The highest BCUT2D eigenvalue weighted by Crippen LogP contribution is 2.01. The van der Waals surface area contributed by atoms with Gasteiger partial charge in [0.25, 0.3) is 0 Å². The van der Waals surface area contributed by atoms with Crippen LogP contribution in [0.25, 0.3) is 0 Å². The fourth-order valence-corrected chi connectivity index (χ4v) is 1.21. The van der Waals surface area contributed by atoms with Crippen LogP contribution in [0, 0.1) is 0 Å². The van der Waals surface area contributed by atoms with Gasteiger partial charge in [0.1, 0.15) is 5.84 Å². The summed E-state index contributed by atoms with van der Waals surface area (Å²) in [6.07, 6.45) is 1.84. The van der Waals surface area contributed by atoms with E-state index < -0.39 is 0 Å². The molecule has 0 saturated carbocycles. The van der Waals surface area contributed by atoms with Crippen LogP contribution < -0.4 is 0 Å². The van der Waals surface area contributed by atoms with Crippen molar-refractivity contribution in [3.05, 3.63) is 12.8 Å². The molecule has 1 aliphatic rings. The Morgan fingerprint density at radius 2 is 1.53 bits per heavy atom. The molecule has 1 fully saturated rings. The third kappa shape index (κ3) is 10.1. The van der Waals surface area contributed by atoms with E-state index in [9.17, 15) is 0 Å². The number of hydrogen-bond donors (Lipinski definition) is 0. The van der Waals surface area contributed by atoms with Crippen LogP contribution in [0.5, 0.6) is 0 Å². The minimum absolute atomic E-state index is 0.933. The van der Waals surface area contributed by atoms with Gasteiger partial charge in [-0.15, -0.1) is 0 Å². The van der Waals surface area contributed by atoms with Crippen LogP contribution in [0.15, 0.2) is 17.8 Å². The number of piperazine rings is 1. The second-order valence-corrected chi connectivity index (χ2v) is 2.75. The van der Waals surface area contributed by atoms with Crippen molar-refractivity contribution in [2.45, 2.75) is 41.5 Å². The van der Waals surface area contributed by atoms with Crippen LogP contribution in [0.1, 0.15) is 41.5 Å². The van der Waals surface area contributed by atoms with Crippen molar-refractivity contribution in [3.63, 3.8) is 0 Å². The van der Waals surface area contributed by atoms with Crippen LogP contribution in [-0.2, 0) is 0 Å². The van der Waals surface area contributed by atoms with Gasteiger partial charge in [0.05, 0.1) is 6.54 Å². The molecule has 0 aromatic carbocycles. The number of nitrogens with zero attached hydrogens (tertiary/aromatic N) is 3. The lowest BCUT2D eigenvalue weighted by atomic mass is 10.3. The molecule has 3 heteroatoms. The summed E-state index contributed by atoms with van der Waals surface area (Å²) < 4.78 is 0. The van der Waals surface area contributed by atoms with Gasteiger partial charge in [-0.2, -0.15) is 0 Å². The number of rotatable bonds is 1. The summed E-state index contributed by atoms with van der Waals surface area (Å²) in [7, 11) is 3.93. The number of amidine groups is 1. The summed E-state index contributed by atoms with van der Waals surface area (Å²) in [6, 6.07) is 0. The largest absolute Gasteiger partial charge is 0.335 e. The Bertz CT molecular complexity index is 176. The summed E-state index contributed by atoms with van der Waals surface area (Å²) >= 11 is 0. The molecule has 0 unspecified atom stereocenters. The van der Waals surface area contributed by atoms with Gasteiger partial charge in [-0.25, -0.2) is 0 Å². The first-order valence-electron chi connectivity index (χ1n) is 6.81. The maximum absolute atomic E-state index is 4.18. The van der Waals surface area contributed by atoms with Crippen LogP contribution in [-0.4, -0.2) is 49.4 Å². The third-order valence-corrected chi connectivity index (χ3v) is 1.94. The van der Waals surface area contributed by atoms with E-state index in [-0.39, 0.29) is 0 Å². The fourth-order valence-electron chi connectivity index (χ4n) is 1.21. The van der Waals surface area contributed by atoms with Crippen molar-refractivity contribution >= 4 is 5.84 Å². The maximum Gasteiger partial charge on any atom is 0.117 e. The molecular formula is C14H33N3. The molecule has 3 nitrogen and oxygen atoms in total. The Morgan fingerprint density at radius 1 is 1.06 bits per heavy atom. The number of hydrogen-bond acceptors (Lipinski definition) is 2. The first-order chi connectivity index (χ1) is 8.27. The SMILES string of the molecule is C=CN1CCN(C)CC1=NC.CC.CC.CC. The van der Waals surface area contributed by atoms with Crippen LogP contribution in [0.4, 0.5) is 0 Å². The van der Waals surface area contributed by atoms with Crippen molar-refractivity contribution in [3.8, 4) is 0 Å². The van der Waals surface area contributed by atoms with E-state index in [4.69, 9.17) is 0 Å². The van der Waals surface area contributed by atoms with Gasteiger partial charge in [-0.1, -0.05) is 48.1 Å². The van der Waals surface area contributed by atoms with E-state index in [1.165, 1.54) is 0 Å². The molecule has 0 aromatic heterocycles. The van der Waals surface area contributed by atoms with Crippen LogP contribution in [0.3, 0.4) is 0 Å². The summed E-state index contributed by atoms with van der Waals surface area (Å²) in [5.74, 6) is 1.11. The highest BCUT2D eigenvalue weighted by molar-refractivity contribution is 5.85. The molecule has 0 N–H and O–H groups in total. The lowest BCUT2D eigenvalue weighted by molar-refractivity contribution is 0.302. The van der Waals surface area contributed by atoms with Gasteiger partial charge in [-0.05, 0) is 13.2 Å². The standard InChI is InChI=1S/C8H15N3.3C2H6/c1-4-11-6-5-10(3)7-8(11)9-2;3*1-2/h4H,1,5-7H2,2-3H3;3*1-2H3. The summed E-state index contributed by atoms with van der Waals surface area (Å²) in [5, 5.41) is 0. The van der Waals surface area contributed by atoms with E-state index >= 15 is 0 Å². The minimum Gasteiger partial charge on any atom is -0.335 e. The Morgan fingerprint density at radius 3 is 1.88 bits per heavy atom. The minimum atomic E-state index is 0.933. The van der Waals surface area contributed by atoms with Crippen molar-refractivity contribution in [2.24, 2.45) is 4.99 Å². The highest BCUT2D eigenvalue weighted by Gasteiger charge is 2.15. The summed E-state index contributed by atoms with van der Waals surface area (Å²) in [6.45, 7) is 18.8. The second kappa shape index (κ2) is 17.6. The van der Waals surface area contributed by atoms with E-state index in [0.29, 0.717) is 0 Å². The van der Waals surface area contributed by atoms with Gasteiger partial charge in [0, 0.05) is 20.1 Å². The van der Waals surface area contributed by atoms with Crippen LogP contribution in [0.2, 0.25) is 0 Å². The van der Waals surface area contributed by atoms with Crippen molar-refractivity contribution in [1.82, 2.24) is 9.80 Å². The molecule has 104 valence electrons. The van der Waals surface area contributed by atoms with Crippen molar-refractivity contribution in [2.75, 3.05) is 33.7 Å². The van der Waals surface area contributed by atoms with Crippen LogP contribution >= 0.6 is 0 Å². The first kappa shape index (κ1) is 21.5. The average molecular weight is 243 g/mol. The van der Waals surface area contributed by atoms with E-state index in [2.05, 4.69) is 28.4 Å². The normalized spacial score (nSPS) is 16.7. The molecule has 17 heavy (non-hydrogen) atoms. The van der Waals surface area contributed by atoms with Crippen molar-refractivity contribution < 1.29 is 0 Å². The molecule has 0 bridgehead atoms. The third-order valence-electron chi connectivity index (χ3n) is 1.94. The molecule has 0 spiro atoms. The quantitative estimate of drug-likeness (QED) is 0.702. The first-order valence-corrected chi connectivity index (χ1v) is 6.81. The number of likely N-dealkylation sites (N-methyl/N-ethyl adjacent to an activating group) is 1. The monoisotopic (exact) mass is 243 g/mol. The van der Waals surface area contributed by atoms with E-state index in [0.717, 1.165) is 25.5 Å². The highest BCUT2D eigenvalue weighted by atomic mass is 15.3. The molecule has 0 radical (unpaired) electrons.